The van der Waals surface area contributed by atoms with Gasteiger partial charge in [0.25, 0.3) is 0 Å². The molecule has 16 atom stereocenters. The molecule has 312 valence electrons. The van der Waals surface area contributed by atoms with Gasteiger partial charge in [-0.3, -0.25) is 0 Å². The van der Waals surface area contributed by atoms with Gasteiger partial charge in [0.2, 0.25) is 0 Å². The molecule has 12 nitrogen and oxygen atoms in total. The molecule has 4 aliphatic heterocycles. The molecule has 0 amide bonds. The quantitative estimate of drug-likeness (QED) is 0.125. The van der Waals surface area contributed by atoms with Gasteiger partial charge in [-0.1, -0.05) is 101 Å². The first-order valence-corrected chi connectivity index (χ1v) is 21.1. The van der Waals surface area contributed by atoms with E-state index in [0.29, 0.717) is 24.0 Å². The monoisotopic (exact) mass is 800 g/mol. The van der Waals surface area contributed by atoms with Crippen molar-refractivity contribution in [2.75, 3.05) is 13.2 Å². The average Bonchev–Trinajstić information content (AvgIpc) is 3.86. The van der Waals surface area contributed by atoms with Gasteiger partial charge >= 0.3 is 17.9 Å². The molecule has 12 heteroatoms. The molecule has 2 spiro atoms. The van der Waals surface area contributed by atoms with Crippen molar-refractivity contribution in [3.63, 3.8) is 0 Å². The Morgan fingerprint density at radius 2 is 1.62 bits per heavy atom. The fourth-order valence-corrected chi connectivity index (χ4v) is 12.5. The summed E-state index contributed by atoms with van der Waals surface area (Å²) < 4.78 is 40.4. The van der Waals surface area contributed by atoms with Crippen LogP contribution in [-0.4, -0.2) is 104 Å². The molecule has 4 N–H and O–H groups in total. The summed E-state index contributed by atoms with van der Waals surface area (Å²) in [5.41, 5.74) is -5.12. The molecule has 0 aromatic heterocycles. The minimum absolute atomic E-state index is 0.0929. The molecule has 4 saturated heterocycles. The van der Waals surface area contributed by atoms with E-state index < -0.39 is 107 Å². The fourth-order valence-electron chi connectivity index (χ4n) is 12.5. The van der Waals surface area contributed by atoms with Crippen molar-refractivity contribution in [1.29, 1.82) is 0 Å². The normalized spacial score (nSPS) is 46.2. The van der Waals surface area contributed by atoms with Crippen LogP contribution in [0.25, 0.3) is 6.08 Å². The van der Waals surface area contributed by atoms with Gasteiger partial charge in [-0.2, -0.15) is 0 Å². The third-order valence-corrected chi connectivity index (χ3v) is 15.1. The van der Waals surface area contributed by atoms with Gasteiger partial charge < -0.3 is 48.8 Å². The Balaban J connectivity index is 1.25. The zero-order valence-corrected chi connectivity index (χ0v) is 33.4. The van der Waals surface area contributed by atoms with Gasteiger partial charge in [0.1, 0.15) is 47.3 Å². The van der Waals surface area contributed by atoms with Crippen LogP contribution in [0.4, 0.5) is 0 Å². The maximum atomic E-state index is 13.9. The third kappa shape index (κ3) is 5.62. The SMILES string of the molecule is C=C(C)[C@]12C[C@@H](COC(=O)c3ccccc3)[C@@]34OC5(O[C@@H]1[C@@H]3[C@@H]1O[C@]1(CO)[C@@H](O)[C@@]1(O)[C@H]4[C@H]([C@H](C)[C@@H]1OC(=O)/C=C/c1ccccc1)[C@H](C)CCCCCC[C@H]5O)O2. The summed E-state index contributed by atoms with van der Waals surface area (Å²) in [6, 6.07) is 17.9. The maximum absolute atomic E-state index is 13.9. The van der Waals surface area contributed by atoms with Crippen LogP contribution in [-0.2, 0) is 33.2 Å². The summed E-state index contributed by atoms with van der Waals surface area (Å²) in [7, 11) is 0. The number of aliphatic hydroxyl groups excluding tert-OH is 3. The number of benzene rings is 2. The van der Waals surface area contributed by atoms with Crippen LogP contribution in [0.5, 0.6) is 0 Å². The smallest absolute Gasteiger partial charge is 0.338 e. The molecular weight excluding hydrogens is 744 g/mol. The number of epoxide rings is 1. The number of esters is 2. The molecule has 7 aliphatic rings. The molecular formula is C46H56O12. The number of carbonyl (C=O) groups is 2. The summed E-state index contributed by atoms with van der Waals surface area (Å²) in [4.78, 5) is 27.6. The molecule has 3 saturated carbocycles. The Morgan fingerprint density at radius 1 is 0.931 bits per heavy atom. The lowest BCUT2D eigenvalue weighted by atomic mass is 9.51. The Bertz CT molecular complexity index is 1940. The number of hydrogen-bond donors (Lipinski definition) is 4. The standard InChI is InChI=1S/C46H56O12/c1-26(2)42-23-31(24-53-40(50)30-18-12-8-13-19-30)45-35-38(42)56-46(57-42,58-45)32(48)20-14-6-5-9-15-27(3)34-28(4)37(54-33(49)22-21-29-16-10-7-11-17-29)44(52,36(34)45)41(51)43(25-47)39(35)55-43/h7-8,10-13,16-19,21-22,27-28,31-32,34-39,41,47-48,51-52H,1,5-6,9,14-15,20,23-25H2,2-4H3/b22-21+/t27-,28+,31+,32-,34+,35-,36-,37+,38-,39+,41-,42-,43+,44-,45-,46?/m1/s1. The summed E-state index contributed by atoms with van der Waals surface area (Å²) in [5.74, 6) is -7.00. The van der Waals surface area contributed by atoms with Crippen LogP contribution in [0.15, 0.2) is 78.9 Å². The van der Waals surface area contributed by atoms with E-state index in [4.69, 9.17) is 28.4 Å². The third-order valence-electron chi connectivity index (χ3n) is 15.1. The first-order chi connectivity index (χ1) is 27.8. The molecule has 2 aromatic carbocycles. The highest BCUT2D eigenvalue weighted by molar-refractivity contribution is 5.89. The summed E-state index contributed by atoms with van der Waals surface area (Å²) in [6.07, 6.45) is 1.37. The minimum atomic E-state index is -2.28. The molecule has 58 heavy (non-hydrogen) atoms. The zero-order chi connectivity index (χ0) is 40.8. The molecule has 7 fully saturated rings. The predicted octanol–water partition coefficient (Wildman–Crippen LogP) is 4.73. The van der Waals surface area contributed by atoms with Crippen LogP contribution in [0.1, 0.15) is 81.6 Å². The minimum Gasteiger partial charge on any atom is -0.462 e. The summed E-state index contributed by atoms with van der Waals surface area (Å²) in [5, 5.41) is 50.2. The largest absolute Gasteiger partial charge is 0.462 e. The van der Waals surface area contributed by atoms with Gasteiger partial charge in [0.15, 0.2) is 0 Å². The predicted molar refractivity (Wildman–Crippen MR) is 208 cm³/mol. The number of carbonyl (C=O) groups excluding carboxylic acids is 2. The van der Waals surface area contributed by atoms with E-state index in [1.807, 2.05) is 50.2 Å². The van der Waals surface area contributed by atoms with Crippen molar-refractivity contribution < 1.29 is 58.4 Å². The van der Waals surface area contributed by atoms with E-state index >= 15 is 0 Å². The lowest BCUT2D eigenvalue weighted by Gasteiger charge is -2.62. The first-order valence-electron chi connectivity index (χ1n) is 21.1. The van der Waals surface area contributed by atoms with E-state index in [1.54, 1.807) is 30.3 Å². The number of fused-ring (bicyclic) bond motifs is 1. The fraction of sp³-hybridized carbons (Fsp3) is 0.609. The Labute approximate surface area is 339 Å². The second-order valence-electron chi connectivity index (χ2n) is 18.2. The molecule has 0 radical (unpaired) electrons. The lowest BCUT2D eigenvalue weighted by molar-refractivity contribution is -0.459. The Hall–Kier alpha value is -3.46. The highest BCUT2D eigenvalue weighted by Crippen LogP contribution is 2.75. The molecule has 9 rings (SSSR count). The van der Waals surface area contributed by atoms with Crippen molar-refractivity contribution >= 4 is 18.0 Å². The van der Waals surface area contributed by atoms with Crippen LogP contribution >= 0.6 is 0 Å². The topological polar surface area (TPSA) is 174 Å². The number of ether oxygens (including phenoxy) is 6. The Morgan fingerprint density at radius 3 is 2.31 bits per heavy atom. The van der Waals surface area contributed by atoms with E-state index in [1.165, 1.54) is 6.08 Å². The second-order valence-corrected chi connectivity index (χ2v) is 18.2. The molecule has 4 heterocycles. The number of hydrogen-bond acceptors (Lipinski definition) is 12. The number of rotatable bonds is 8. The molecule has 1 unspecified atom stereocenters. The van der Waals surface area contributed by atoms with Gasteiger partial charge in [0.05, 0.1) is 24.4 Å². The van der Waals surface area contributed by atoms with Gasteiger partial charge in [0, 0.05) is 23.8 Å². The van der Waals surface area contributed by atoms with Crippen molar-refractivity contribution in [3.8, 4) is 0 Å². The molecule has 2 aromatic rings. The van der Waals surface area contributed by atoms with Gasteiger partial charge in [-0.05, 0) is 66.9 Å². The van der Waals surface area contributed by atoms with Crippen LogP contribution < -0.4 is 0 Å². The first kappa shape index (κ1) is 40.0. The highest BCUT2D eigenvalue weighted by atomic mass is 16.9. The van der Waals surface area contributed by atoms with Crippen molar-refractivity contribution in [1.82, 2.24) is 0 Å². The highest BCUT2D eigenvalue weighted by Gasteiger charge is 2.91. The number of aliphatic hydroxyl groups is 4. The molecule has 3 aliphatic carbocycles. The summed E-state index contributed by atoms with van der Waals surface area (Å²) >= 11 is 0. The lowest BCUT2D eigenvalue weighted by Crippen LogP contribution is -2.75. The van der Waals surface area contributed by atoms with Crippen LogP contribution in [0.3, 0.4) is 0 Å². The van der Waals surface area contributed by atoms with E-state index in [9.17, 15) is 30.0 Å². The second kappa shape index (κ2) is 14.3. The van der Waals surface area contributed by atoms with Crippen molar-refractivity contribution in [2.45, 2.75) is 125 Å². The van der Waals surface area contributed by atoms with Crippen molar-refractivity contribution in [3.05, 3.63) is 90.0 Å². The van der Waals surface area contributed by atoms with E-state index in [2.05, 4.69) is 13.5 Å². The van der Waals surface area contributed by atoms with E-state index in [-0.39, 0.29) is 18.9 Å². The summed E-state index contributed by atoms with van der Waals surface area (Å²) in [6.45, 7) is 9.42. The molecule has 3 bridgehead atoms. The zero-order valence-electron chi connectivity index (χ0n) is 33.4. The average molecular weight is 801 g/mol. The van der Waals surface area contributed by atoms with Gasteiger partial charge in [-0.25, -0.2) is 9.59 Å². The Kier molecular flexibility index (Phi) is 9.88. The van der Waals surface area contributed by atoms with Crippen molar-refractivity contribution in [2.24, 2.45) is 35.5 Å². The van der Waals surface area contributed by atoms with Gasteiger partial charge in [-0.15, -0.1) is 0 Å². The van der Waals surface area contributed by atoms with Crippen LogP contribution in [0, 0.1) is 35.5 Å². The van der Waals surface area contributed by atoms with Crippen LogP contribution in [0.2, 0.25) is 0 Å². The van der Waals surface area contributed by atoms with E-state index in [0.717, 1.165) is 31.2 Å². The maximum Gasteiger partial charge on any atom is 0.338 e.